The Kier molecular flexibility index (Phi) is 3.39. The molecule has 7 heteroatoms. The minimum atomic E-state index is -1.45. The van der Waals surface area contributed by atoms with Gasteiger partial charge in [0.1, 0.15) is 0 Å². The van der Waals surface area contributed by atoms with Crippen LogP contribution in [-0.2, 0) is 18.3 Å². The summed E-state index contributed by atoms with van der Waals surface area (Å²) in [7, 11) is 0. The molecule has 1 rings (SSSR count). The topological polar surface area (TPSA) is 112 Å². The molecule has 1 aromatic carbocycles. The Balaban J connectivity index is 3.58. The first-order chi connectivity index (χ1) is 7.34. The van der Waals surface area contributed by atoms with Crippen LogP contribution in [0.3, 0.4) is 0 Å². The molecule has 6 nitrogen and oxygen atoms in total. The molecule has 0 atom stereocenters. The van der Waals surface area contributed by atoms with Gasteiger partial charge in [-0.1, -0.05) is 0 Å². The van der Waals surface area contributed by atoms with Crippen LogP contribution < -0.4 is 4.16 Å². The Morgan fingerprint density at radius 3 is 1.88 bits per heavy atom. The molecular formula is C9H5O6Zn. The maximum atomic E-state index is 10.8. The van der Waals surface area contributed by atoms with E-state index in [4.69, 9.17) is 15.3 Å². The third-order valence-corrected chi connectivity index (χ3v) is 3.08. The number of benzene rings is 1. The number of carboxylic acid groups (broad SMARTS) is 3. The first-order valence-electron chi connectivity index (χ1n) is 4.04. The molecule has 0 fully saturated rings. The van der Waals surface area contributed by atoms with Crippen LogP contribution in [0.25, 0.3) is 0 Å². The molecule has 0 aliphatic heterocycles. The Morgan fingerprint density at radius 1 is 0.938 bits per heavy atom. The molecule has 0 radical (unpaired) electrons. The summed E-state index contributed by atoms with van der Waals surface area (Å²) in [5, 5.41) is 26.4. The Hall–Kier alpha value is -1.75. The molecule has 0 bridgehead atoms. The van der Waals surface area contributed by atoms with Crippen molar-refractivity contribution < 1.29 is 48.0 Å². The van der Waals surface area contributed by atoms with E-state index in [2.05, 4.69) is 0 Å². The number of aromatic carboxylic acids is 3. The monoisotopic (exact) mass is 273 g/mol. The first-order valence-corrected chi connectivity index (χ1v) is 5.53. The van der Waals surface area contributed by atoms with E-state index in [9.17, 15) is 14.4 Å². The number of rotatable bonds is 3. The summed E-state index contributed by atoms with van der Waals surface area (Å²) >= 11 is 0.364. The van der Waals surface area contributed by atoms with Gasteiger partial charge in [0, 0.05) is 0 Å². The van der Waals surface area contributed by atoms with Crippen LogP contribution >= 0.6 is 0 Å². The Bertz CT molecular complexity index is 493. The summed E-state index contributed by atoms with van der Waals surface area (Å²) in [6.45, 7) is 0. The summed E-state index contributed by atoms with van der Waals surface area (Å²) in [4.78, 5) is 32.3. The van der Waals surface area contributed by atoms with Crippen LogP contribution in [0.2, 0.25) is 0 Å². The molecular weight excluding hydrogens is 269 g/mol. The first kappa shape index (κ1) is 12.3. The van der Waals surface area contributed by atoms with Crippen molar-refractivity contribution in [1.82, 2.24) is 0 Å². The molecule has 3 N–H and O–H groups in total. The van der Waals surface area contributed by atoms with Crippen LogP contribution in [0, 0.1) is 0 Å². The van der Waals surface area contributed by atoms with Crippen molar-refractivity contribution in [2.45, 2.75) is 0 Å². The second-order valence-corrected chi connectivity index (χ2v) is 4.57. The number of carboxylic acids is 3. The van der Waals surface area contributed by atoms with Crippen molar-refractivity contribution in [2.75, 3.05) is 0 Å². The predicted molar refractivity (Wildman–Crippen MR) is 47.0 cm³/mol. The van der Waals surface area contributed by atoms with Crippen molar-refractivity contribution in [3.63, 3.8) is 0 Å². The Morgan fingerprint density at radius 2 is 1.50 bits per heavy atom. The molecule has 0 saturated heterocycles. The van der Waals surface area contributed by atoms with Crippen LogP contribution in [0.15, 0.2) is 12.1 Å². The van der Waals surface area contributed by atoms with E-state index >= 15 is 0 Å². The van der Waals surface area contributed by atoms with Crippen molar-refractivity contribution in [2.24, 2.45) is 0 Å². The van der Waals surface area contributed by atoms with Gasteiger partial charge in [0.05, 0.1) is 0 Å². The zero-order valence-electron chi connectivity index (χ0n) is 7.93. The van der Waals surface area contributed by atoms with Gasteiger partial charge in [0.2, 0.25) is 0 Å². The molecule has 79 valence electrons. The summed E-state index contributed by atoms with van der Waals surface area (Å²) in [5.41, 5.74) is -1.05. The molecule has 0 heterocycles. The predicted octanol–water partition coefficient (Wildman–Crippen LogP) is -0.0467. The van der Waals surface area contributed by atoms with Crippen molar-refractivity contribution in [3.8, 4) is 0 Å². The van der Waals surface area contributed by atoms with E-state index in [0.717, 1.165) is 6.07 Å². The molecule has 0 spiro atoms. The van der Waals surface area contributed by atoms with E-state index in [1.54, 1.807) is 0 Å². The fraction of sp³-hybridized carbons (Fsp3) is 0. The fourth-order valence-corrected chi connectivity index (χ4v) is 2.43. The third-order valence-electron chi connectivity index (χ3n) is 1.91. The molecule has 0 unspecified atom stereocenters. The van der Waals surface area contributed by atoms with Gasteiger partial charge < -0.3 is 0 Å². The average molecular weight is 275 g/mol. The van der Waals surface area contributed by atoms with Gasteiger partial charge >= 0.3 is 98.9 Å². The zero-order chi connectivity index (χ0) is 12.5. The van der Waals surface area contributed by atoms with Gasteiger partial charge in [-0.2, -0.15) is 0 Å². The number of hydrogen-bond acceptors (Lipinski definition) is 3. The van der Waals surface area contributed by atoms with Crippen LogP contribution in [0.1, 0.15) is 31.1 Å². The van der Waals surface area contributed by atoms with E-state index < -0.39 is 23.5 Å². The molecule has 0 saturated carbocycles. The van der Waals surface area contributed by atoms with Gasteiger partial charge in [-0.25, -0.2) is 0 Å². The summed E-state index contributed by atoms with van der Waals surface area (Å²) in [5.74, 6) is -4.10. The quantitative estimate of drug-likeness (QED) is 0.666. The molecule has 0 aromatic heterocycles. The third kappa shape index (κ3) is 2.25. The van der Waals surface area contributed by atoms with Crippen molar-refractivity contribution in [1.29, 1.82) is 0 Å². The van der Waals surface area contributed by atoms with Gasteiger partial charge in [-0.15, -0.1) is 0 Å². The second-order valence-electron chi connectivity index (χ2n) is 2.97. The molecule has 0 amide bonds. The number of hydrogen-bond donors (Lipinski definition) is 3. The van der Waals surface area contributed by atoms with E-state index in [1.807, 2.05) is 0 Å². The summed E-state index contributed by atoms with van der Waals surface area (Å²) < 4.78 is 0.227. The molecule has 16 heavy (non-hydrogen) atoms. The van der Waals surface area contributed by atoms with E-state index in [-0.39, 0.29) is 15.3 Å². The minimum absolute atomic E-state index is 0.219. The average Bonchev–Trinajstić information content (AvgIpc) is 2.15. The van der Waals surface area contributed by atoms with Crippen LogP contribution in [0.4, 0.5) is 0 Å². The van der Waals surface area contributed by atoms with Crippen LogP contribution in [0.5, 0.6) is 0 Å². The summed E-state index contributed by atoms with van der Waals surface area (Å²) in [6.07, 6.45) is 0. The number of carbonyl (C=O) groups is 3. The van der Waals surface area contributed by atoms with E-state index in [0.29, 0.717) is 18.3 Å². The molecule has 1 aromatic rings. The van der Waals surface area contributed by atoms with Gasteiger partial charge in [-0.3, -0.25) is 0 Å². The van der Waals surface area contributed by atoms with Crippen LogP contribution in [-0.4, -0.2) is 33.2 Å². The standard InChI is InChI=1S/C9H5O6.Zn/c10-7(11)4-1-2-5(8(12)13)6(3-4)9(14)15;/h1,3H,(H,10,11)(H,12,13)(H,14,15);. The fourth-order valence-electron chi connectivity index (χ4n) is 1.25. The van der Waals surface area contributed by atoms with Gasteiger partial charge in [0.25, 0.3) is 0 Å². The van der Waals surface area contributed by atoms with Gasteiger partial charge in [0.15, 0.2) is 0 Å². The second kappa shape index (κ2) is 4.41. The van der Waals surface area contributed by atoms with Gasteiger partial charge in [-0.05, 0) is 0 Å². The zero-order valence-corrected chi connectivity index (χ0v) is 10.9. The Labute approximate surface area is 99.2 Å². The molecule has 0 aliphatic carbocycles. The summed E-state index contributed by atoms with van der Waals surface area (Å²) in [6, 6.07) is 2.03. The molecule has 0 aliphatic rings. The van der Waals surface area contributed by atoms with Crippen molar-refractivity contribution in [3.05, 3.63) is 28.8 Å². The van der Waals surface area contributed by atoms with E-state index in [1.165, 1.54) is 6.07 Å². The maximum absolute atomic E-state index is 10.8. The normalized spacial score (nSPS) is 9.88. The SMILES string of the molecule is O=C(O)c1c[c]([Zn])c(C(=O)O)c(C(=O)O)c1. The van der Waals surface area contributed by atoms with Crippen molar-refractivity contribution >= 4 is 22.1 Å².